The predicted octanol–water partition coefficient (Wildman–Crippen LogP) is 2.86. The molecule has 1 aromatic rings. The second kappa shape index (κ2) is 11.8. The van der Waals surface area contributed by atoms with Crippen LogP contribution in [-0.4, -0.2) is 58.2 Å². The molecule has 0 unspecified atom stereocenters. The van der Waals surface area contributed by atoms with Gasteiger partial charge in [0.05, 0.1) is 5.97 Å². The van der Waals surface area contributed by atoms with E-state index < -0.39 is 5.97 Å². The first-order chi connectivity index (χ1) is 13.8. The number of carboxylic acid groups (broad SMARTS) is 1. The molecule has 0 radical (unpaired) electrons. The second-order valence-electron chi connectivity index (χ2n) is 7.87. The molecule has 3 aliphatic rings. The molecular formula is C22H35N3O2S. The van der Waals surface area contributed by atoms with Crippen molar-refractivity contribution in [2.24, 2.45) is 0 Å². The van der Waals surface area contributed by atoms with Gasteiger partial charge in [-0.25, -0.2) is 0 Å². The van der Waals surface area contributed by atoms with Crippen LogP contribution in [0.4, 0.5) is 0 Å². The summed E-state index contributed by atoms with van der Waals surface area (Å²) in [4.78, 5) is 10.1. The molecule has 4 rings (SSSR count). The minimum Gasteiger partial charge on any atom is -0.545 e. The Morgan fingerprint density at radius 1 is 0.643 bits per heavy atom. The lowest BCUT2D eigenvalue weighted by Crippen LogP contribution is -2.56. The van der Waals surface area contributed by atoms with Gasteiger partial charge < -0.3 is 9.90 Å². The topological polar surface area (TPSA) is 49.8 Å². The molecule has 5 nitrogen and oxygen atoms in total. The lowest BCUT2D eigenvalue weighted by atomic mass is 10.2. The molecule has 0 bridgehead atoms. The van der Waals surface area contributed by atoms with Gasteiger partial charge in [0, 0.05) is 39.3 Å². The molecule has 156 valence electrons. The third-order valence-corrected chi connectivity index (χ3v) is 8.13. The molecule has 3 saturated heterocycles. The summed E-state index contributed by atoms with van der Waals surface area (Å²) >= 11 is 0.316. The van der Waals surface area contributed by atoms with Gasteiger partial charge in [-0.05, 0) is 44.1 Å². The average molecular weight is 406 g/mol. The van der Waals surface area contributed by atoms with Crippen LogP contribution in [0.15, 0.2) is 30.3 Å². The summed E-state index contributed by atoms with van der Waals surface area (Å²) in [5.74, 6) is -1.13. The Balaban J connectivity index is 0.000000211. The summed E-state index contributed by atoms with van der Waals surface area (Å²) < 4.78 is 8.46. The highest BCUT2D eigenvalue weighted by molar-refractivity contribution is 7.90. The van der Waals surface area contributed by atoms with Crippen molar-refractivity contribution >= 4 is 17.4 Å². The smallest absolute Gasteiger partial charge is 0.268 e. The fourth-order valence-corrected chi connectivity index (χ4v) is 6.88. The van der Waals surface area contributed by atoms with Crippen LogP contribution in [0.2, 0.25) is 0 Å². The van der Waals surface area contributed by atoms with Gasteiger partial charge in [0.1, 0.15) is 0 Å². The first-order valence-corrected chi connectivity index (χ1v) is 12.1. The number of carboxylic acids is 1. The van der Waals surface area contributed by atoms with Crippen LogP contribution in [0.3, 0.4) is 0 Å². The minimum absolute atomic E-state index is 0.220. The molecule has 0 aromatic heterocycles. The molecule has 3 heterocycles. The Hall–Kier alpha value is -1.08. The van der Waals surface area contributed by atoms with E-state index in [1.165, 1.54) is 109 Å². The van der Waals surface area contributed by atoms with Crippen molar-refractivity contribution in [3.8, 4) is 0 Å². The number of carbonyl (C=O) groups excluding carboxylic acids is 1. The Kier molecular flexibility index (Phi) is 9.12. The predicted molar refractivity (Wildman–Crippen MR) is 114 cm³/mol. The van der Waals surface area contributed by atoms with Crippen LogP contribution in [-0.2, 0) is 11.5 Å². The lowest BCUT2D eigenvalue weighted by molar-refractivity contribution is -0.255. The number of carbonyl (C=O) groups is 1. The summed E-state index contributed by atoms with van der Waals surface area (Å²) in [6, 6.07) is 8.06. The van der Waals surface area contributed by atoms with Crippen LogP contribution < -0.4 is 5.11 Å². The normalized spacial score (nSPS) is 22.5. The molecule has 0 aliphatic carbocycles. The highest BCUT2D eigenvalue weighted by atomic mass is 32.2. The molecule has 3 fully saturated rings. The maximum Gasteiger partial charge on any atom is 0.268 e. The van der Waals surface area contributed by atoms with Crippen molar-refractivity contribution in [3.63, 3.8) is 0 Å². The van der Waals surface area contributed by atoms with Crippen LogP contribution in [0.25, 0.3) is 0 Å². The third kappa shape index (κ3) is 6.48. The van der Waals surface area contributed by atoms with Crippen molar-refractivity contribution in [2.45, 2.75) is 57.8 Å². The number of nitrogens with zero attached hydrogens (tertiary/aromatic N) is 3. The van der Waals surface area contributed by atoms with Gasteiger partial charge in [0.15, 0.2) is 0 Å². The molecule has 1 aromatic carbocycles. The molecule has 0 atom stereocenters. The van der Waals surface area contributed by atoms with Crippen molar-refractivity contribution in [1.29, 1.82) is 0 Å². The molecule has 0 spiro atoms. The first kappa shape index (κ1) is 21.6. The number of piperidine rings is 3. The van der Waals surface area contributed by atoms with E-state index in [0.29, 0.717) is 11.5 Å². The highest BCUT2D eigenvalue weighted by Crippen LogP contribution is 2.27. The van der Waals surface area contributed by atoms with E-state index in [-0.39, 0.29) is 5.56 Å². The van der Waals surface area contributed by atoms with Crippen molar-refractivity contribution < 1.29 is 9.90 Å². The Labute approximate surface area is 173 Å². The van der Waals surface area contributed by atoms with Gasteiger partial charge in [0.25, 0.3) is 11.5 Å². The Bertz CT molecular complexity index is 526. The van der Waals surface area contributed by atoms with E-state index in [4.69, 9.17) is 0 Å². The van der Waals surface area contributed by atoms with Crippen molar-refractivity contribution in [3.05, 3.63) is 35.9 Å². The second-order valence-corrected chi connectivity index (χ2v) is 9.91. The fourth-order valence-electron chi connectivity index (χ4n) is 4.15. The largest absolute Gasteiger partial charge is 0.545 e. The molecule has 6 heteroatoms. The number of rotatable bonds is 4. The summed E-state index contributed by atoms with van der Waals surface area (Å²) in [6.07, 6.45) is 12.9. The number of aromatic carboxylic acids is 1. The third-order valence-electron chi connectivity index (χ3n) is 5.65. The summed E-state index contributed by atoms with van der Waals surface area (Å²) in [5, 5.41) is 10.1. The zero-order chi connectivity index (χ0) is 19.6. The maximum atomic E-state index is 10.1. The highest BCUT2D eigenvalue weighted by Gasteiger charge is 2.44. The monoisotopic (exact) mass is 405 g/mol. The molecule has 0 saturated carbocycles. The van der Waals surface area contributed by atoms with Gasteiger partial charge in [0.2, 0.25) is 0 Å². The van der Waals surface area contributed by atoms with E-state index in [0.717, 1.165) is 0 Å². The van der Waals surface area contributed by atoms with E-state index in [1.807, 2.05) is 0 Å². The van der Waals surface area contributed by atoms with Gasteiger partial charge in [-0.3, -0.25) is 0 Å². The van der Waals surface area contributed by atoms with E-state index in [2.05, 4.69) is 12.9 Å². The average Bonchev–Trinajstić information content (AvgIpc) is 2.77. The quantitative estimate of drug-likeness (QED) is 0.721. The van der Waals surface area contributed by atoms with Crippen LogP contribution >= 0.6 is 0 Å². The van der Waals surface area contributed by atoms with Gasteiger partial charge in [-0.2, -0.15) is 0 Å². The van der Waals surface area contributed by atoms with Crippen LogP contribution in [0.5, 0.6) is 0 Å². The zero-order valence-corrected chi connectivity index (χ0v) is 17.9. The Morgan fingerprint density at radius 2 is 1.00 bits per heavy atom. The number of hydrogen-bond donors (Lipinski definition) is 0. The SMILES string of the molecule is C1CCN([S+](N2CCCCC2)N2CCCCC2)CC1.O=C([O-])c1ccccc1. The molecular weight excluding hydrogens is 370 g/mol. The van der Waals surface area contributed by atoms with Gasteiger partial charge >= 0.3 is 0 Å². The first-order valence-electron chi connectivity index (χ1n) is 11.0. The van der Waals surface area contributed by atoms with E-state index in [1.54, 1.807) is 18.2 Å². The fraction of sp³-hybridized carbons (Fsp3) is 0.682. The summed E-state index contributed by atoms with van der Waals surface area (Å²) in [7, 11) is 0. The summed E-state index contributed by atoms with van der Waals surface area (Å²) in [6.45, 7) is 8.06. The lowest BCUT2D eigenvalue weighted by Gasteiger charge is -2.37. The van der Waals surface area contributed by atoms with E-state index in [9.17, 15) is 9.90 Å². The molecule has 3 aliphatic heterocycles. The van der Waals surface area contributed by atoms with Gasteiger partial charge in [-0.15, -0.1) is 0 Å². The molecule has 28 heavy (non-hydrogen) atoms. The minimum atomic E-state index is -1.13. The standard InChI is InChI=1S/C15H30N3S.C7H6O2/c1-4-10-16(11-5-1)19(17-12-6-2-7-13-17)18-14-8-3-9-15-18;8-7(9)6-4-2-1-3-5-6/h1-15H2;1-5H,(H,8,9)/q+1;/p-1. The number of benzene rings is 1. The van der Waals surface area contributed by atoms with Crippen molar-refractivity contribution in [1.82, 2.24) is 12.9 Å². The Morgan fingerprint density at radius 3 is 1.29 bits per heavy atom. The zero-order valence-electron chi connectivity index (χ0n) is 17.1. The molecule has 0 amide bonds. The molecule has 0 N–H and O–H groups in total. The van der Waals surface area contributed by atoms with E-state index >= 15 is 0 Å². The van der Waals surface area contributed by atoms with Crippen LogP contribution in [0.1, 0.15) is 68.1 Å². The number of hydrogen-bond acceptors (Lipinski definition) is 5. The maximum absolute atomic E-state index is 10.1. The van der Waals surface area contributed by atoms with Crippen molar-refractivity contribution in [2.75, 3.05) is 39.3 Å². The summed E-state index contributed by atoms with van der Waals surface area (Å²) in [5.41, 5.74) is 0.220. The van der Waals surface area contributed by atoms with Crippen LogP contribution in [0, 0.1) is 0 Å². The van der Waals surface area contributed by atoms with Gasteiger partial charge in [-0.1, -0.05) is 62.5 Å².